The zero-order valence-corrected chi connectivity index (χ0v) is 9.44. The highest BCUT2D eigenvalue weighted by Crippen LogP contribution is 2.17. The van der Waals surface area contributed by atoms with Crippen LogP contribution in [-0.4, -0.2) is 14.5 Å². The maximum atomic E-state index is 6.10. The van der Waals surface area contributed by atoms with Crippen LogP contribution in [0.5, 0.6) is 0 Å². The number of hydrogen-bond acceptors (Lipinski definition) is 4. The summed E-state index contributed by atoms with van der Waals surface area (Å²) >= 11 is 1.56. The van der Waals surface area contributed by atoms with Gasteiger partial charge in [0.1, 0.15) is 11.9 Å². The second-order valence-electron chi connectivity index (χ2n) is 3.37. The lowest BCUT2D eigenvalue weighted by Gasteiger charge is -2.11. The van der Waals surface area contributed by atoms with Crippen LogP contribution in [0.4, 0.5) is 0 Å². The summed E-state index contributed by atoms with van der Waals surface area (Å²) < 4.78 is 2.09. The Hall–Kier alpha value is -1.20. The van der Waals surface area contributed by atoms with Gasteiger partial charge in [-0.1, -0.05) is 6.92 Å². The van der Waals surface area contributed by atoms with Gasteiger partial charge < -0.3 is 10.3 Å². The van der Waals surface area contributed by atoms with E-state index in [9.17, 15) is 0 Å². The summed E-state index contributed by atoms with van der Waals surface area (Å²) in [5, 5.41) is 1.97. The number of thiazole rings is 1. The van der Waals surface area contributed by atoms with Gasteiger partial charge in [-0.2, -0.15) is 0 Å². The molecule has 0 aliphatic rings. The second kappa shape index (κ2) is 4.55. The van der Waals surface area contributed by atoms with Gasteiger partial charge >= 0.3 is 0 Å². The topological polar surface area (TPSA) is 56.7 Å². The SMILES string of the molecule is CCCn1ccnc1C(N)c1cscn1. The first kappa shape index (κ1) is 10.3. The molecule has 0 bridgehead atoms. The van der Waals surface area contributed by atoms with Crippen LogP contribution in [0.3, 0.4) is 0 Å². The number of aryl methyl sites for hydroxylation is 1. The van der Waals surface area contributed by atoms with Crippen LogP contribution in [0, 0.1) is 0 Å². The molecule has 1 atom stereocenters. The molecular formula is C10H14N4S. The average molecular weight is 222 g/mol. The van der Waals surface area contributed by atoms with Crippen LogP contribution >= 0.6 is 11.3 Å². The van der Waals surface area contributed by atoms with E-state index >= 15 is 0 Å². The highest BCUT2D eigenvalue weighted by molar-refractivity contribution is 7.07. The Morgan fingerprint density at radius 2 is 2.40 bits per heavy atom. The normalized spacial score (nSPS) is 12.9. The minimum Gasteiger partial charge on any atom is -0.333 e. The van der Waals surface area contributed by atoms with Gasteiger partial charge in [0.05, 0.1) is 11.2 Å². The molecular weight excluding hydrogens is 208 g/mol. The van der Waals surface area contributed by atoms with E-state index in [4.69, 9.17) is 5.73 Å². The molecule has 5 heteroatoms. The van der Waals surface area contributed by atoms with Crippen molar-refractivity contribution in [2.24, 2.45) is 5.73 Å². The molecule has 0 aliphatic carbocycles. The minimum atomic E-state index is -0.210. The molecule has 0 fully saturated rings. The summed E-state index contributed by atoms with van der Waals surface area (Å²) in [6.07, 6.45) is 4.83. The molecule has 1 unspecified atom stereocenters. The quantitative estimate of drug-likeness (QED) is 0.858. The molecule has 2 N–H and O–H groups in total. The molecule has 4 nitrogen and oxygen atoms in total. The van der Waals surface area contributed by atoms with Gasteiger partial charge in [0.25, 0.3) is 0 Å². The summed E-state index contributed by atoms with van der Waals surface area (Å²) in [4.78, 5) is 8.51. The van der Waals surface area contributed by atoms with Gasteiger partial charge in [0, 0.05) is 24.3 Å². The molecule has 0 radical (unpaired) electrons. The van der Waals surface area contributed by atoms with E-state index in [1.54, 1.807) is 23.0 Å². The predicted octanol–water partition coefficient (Wildman–Crippen LogP) is 1.80. The number of nitrogens with zero attached hydrogens (tertiary/aromatic N) is 3. The Kier molecular flexibility index (Phi) is 3.13. The monoisotopic (exact) mass is 222 g/mol. The van der Waals surface area contributed by atoms with Gasteiger partial charge in [-0.15, -0.1) is 11.3 Å². The van der Waals surface area contributed by atoms with Crippen molar-refractivity contribution in [2.75, 3.05) is 0 Å². The Bertz CT molecular complexity index is 407. The van der Waals surface area contributed by atoms with Gasteiger partial charge in [-0.25, -0.2) is 9.97 Å². The van der Waals surface area contributed by atoms with Crippen molar-refractivity contribution in [2.45, 2.75) is 25.9 Å². The molecule has 0 spiro atoms. The van der Waals surface area contributed by atoms with E-state index in [1.165, 1.54) is 0 Å². The number of aromatic nitrogens is 3. The standard InChI is InChI=1S/C10H14N4S/c1-2-4-14-5-3-12-10(14)9(11)8-6-15-7-13-8/h3,5-7,9H,2,4,11H2,1H3. The van der Waals surface area contributed by atoms with Crippen molar-refractivity contribution in [1.82, 2.24) is 14.5 Å². The van der Waals surface area contributed by atoms with E-state index in [-0.39, 0.29) is 6.04 Å². The fourth-order valence-electron chi connectivity index (χ4n) is 1.54. The summed E-state index contributed by atoms with van der Waals surface area (Å²) in [7, 11) is 0. The molecule has 0 amide bonds. The maximum absolute atomic E-state index is 6.10. The lowest BCUT2D eigenvalue weighted by Crippen LogP contribution is -2.18. The van der Waals surface area contributed by atoms with Gasteiger partial charge in [-0.3, -0.25) is 0 Å². The van der Waals surface area contributed by atoms with Gasteiger partial charge in [-0.05, 0) is 6.42 Å². The van der Waals surface area contributed by atoms with E-state index in [0.717, 1.165) is 24.5 Å². The first-order chi connectivity index (χ1) is 7.33. The fourth-order valence-corrected chi connectivity index (χ4v) is 2.13. The van der Waals surface area contributed by atoms with Gasteiger partial charge in [0.2, 0.25) is 0 Å². The highest BCUT2D eigenvalue weighted by Gasteiger charge is 2.15. The molecule has 0 saturated carbocycles. The van der Waals surface area contributed by atoms with Crippen LogP contribution in [0.1, 0.15) is 30.9 Å². The third-order valence-corrected chi connectivity index (χ3v) is 2.87. The fraction of sp³-hybridized carbons (Fsp3) is 0.400. The zero-order chi connectivity index (χ0) is 10.7. The van der Waals surface area contributed by atoms with Crippen LogP contribution in [0.25, 0.3) is 0 Å². The van der Waals surface area contributed by atoms with Crippen LogP contribution in [-0.2, 0) is 6.54 Å². The molecule has 15 heavy (non-hydrogen) atoms. The molecule has 0 aromatic carbocycles. The van der Waals surface area contributed by atoms with Crippen molar-refractivity contribution in [3.05, 3.63) is 34.8 Å². The third-order valence-electron chi connectivity index (χ3n) is 2.26. The Morgan fingerprint density at radius 1 is 1.53 bits per heavy atom. The minimum absolute atomic E-state index is 0.210. The van der Waals surface area contributed by atoms with Crippen LogP contribution < -0.4 is 5.73 Å². The second-order valence-corrected chi connectivity index (χ2v) is 4.09. The summed E-state index contributed by atoms with van der Waals surface area (Å²) in [5.41, 5.74) is 8.78. The summed E-state index contributed by atoms with van der Waals surface area (Å²) in [6, 6.07) is -0.210. The van der Waals surface area contributed by atoms with E-state index in [0.29, 0.717) is 0 Å². The van der Waals surface area contributed by atoms with Gasteiger partial charge in [0.15, 0.2) is 0 Å². The first-order valence-corrected chi connectivity index (χ1v) is 5.92. The van der Waals surface area contributed by atoms with Crippen molar-refractivity contribution in [1.29, 1.82) is 0 Å². The predicted molar refractivity (Wildman–Crippen MR) is 60.7 cm³/mol. The highest BCUT2D eigenvalue weighted by atomic mass is 32.1. The summed E-state index contributed by atoms with van der Waals surface area (Å²) in [5.74, 6) is 0.891. The van der Waals surface area contributed by atoms with Crippen molar-refractivity contribution >= 4 is 11.3 Å². The van der Waals surface area contributed by atoms with Crippen LogP contribution in [0.2, 0.25) is 0 Å². The lowest BCUT2D eigenvalue weighted by atomic mass is 10.2. The number of imidazole rings is 1. The number of hydrogen-bond donors (Lipinski definition) is 1. The van der Waals surface area contributed by atoms with Crippen molar-refractivity contribution in [3.8, 4) is 0 Å². The van der Waals surface area contributed by atoms with Crippen LogP contribution in [0.15, 0.2) is 23.3 Å². The average Bonchev–Trinajstić information content (AvgIpc) is 2.87. The molecule has 80 valence electrons. The molecule has 0 aliphatic heterocycles. The lowest BCUT2D eigenvalue weighted by molar-refractivity contribution is 0.608. The molecule has 2 rings (SSSR count). The Morgan fingerprint density at radius 3 is 3.07 bits per heavy atom. The number of rotatable bonds is 4. The number of nitrogens with two attached hydrogens (primary N) is 1. The zero-order valence-electron chi connectivity index (χ0n) is 8.63. The first-order valence-electron chi connectivity index (χ1n) is 4.97. The largest absolute Gasteiger partial charge is 0.333 e. The van der Waals surface area contributed by atoms with E-state index in [2.05, 4.69) is 21.5 Å². The smallest absolute Gasteiger partial charge is 0.131 e. The third kappa shape index (κ3) is 2.08. The Labute approximate surface area is 92.8 Å². The van der Waals surface area contributed by atoms with Crippen molar-refractivity contribution < 1.29 is 0 Å². The van der Waals surface area contributed by atoms with E-state index < -0.39 is 0 Å². The Balaban J connectivity index is 2.25. The molecule has 2 heterocycles. The maximum Gasteiger partial charge on any atom is 0.131 e. The van der Waals surface area contributed by atoms with Crippen molar-refractivity contribution in [3.63, 3.8) is 0 Å². The van der Waals surface area contributed by atoms with E-state index in [1.807, 2.05) is 11.6 Å². The summed E-state index contributed by atoms with van der Waals surface area (Å²) in [6.45, 7) is 3.09. The molecule has 2 aromatic heterocycles. The molecule has 0 saturated heterocycles. The molecule has 2 aromatic rings.